The van der Waals surface area contributed by atoms with Gasteiger partial charge in [-0.3, -0.25) is 0 Å². The lowest BCUT2D eigenvalue weighted by atomic mass is 10.1. The molecular weight excluding hydrogens is 279 g/mol. The molecule has 0 aromatic heterocycles. The topological polar surface area (TPSA) is 46.5 Å². The molecule has 2 rings (SSSR count). The molecule has 0 fully saturated rings. The third-order valence-electron chi connectivity index (χ3n) is 2.75. The third-order valence-corrected chi connectivity index (χ3v) is 3.81. The lowest BCUT2D eigenvalue weighted by molar-refractivity contribution is 0.0696. The predicted octanol–water partition coefficient (Wildman–Crippen LogP) is 3.82. The molecule has 0 saturated carbocycles. The normalized spacial score (nSPS) is 10.3. The standard InChI is InChI=1S/C15H13FO3S/c1-19-12-3-5-13(6-4-12)20-9-11-8-10(15(17)18)2-7-14(11)16/h2-8H,9H2,1H3,(H,17,18). The van der Waals surface area contributed by atoms with Gasteiger partial charge in [0.1, 0.15) is 11.6 Å². The van der Waals surface area contributed by atoms with E-state index in [4.69, 9.17) is 9.84 Å². The fraction of sp³-hybridized carbons (Fsp3) is 0.133. The first-order valence-corrected chi connectivity index (χ1v) is 6.87. The molecule has 0 aliphatic carbocycles. The lowest BCUT2D eigenvalue weighted by Crippen LogP contribution is -1.99. The van der Waals surface area contributed by atoms with Gasteiger partial charge >= 0.3 is 5.97 Å². The number of benzene rings is 2. The number of ether oxygens (including phenoxy) is 1. The van der Waals surface area contributed by atoms with Crippen molar-refractivity contribution in [2.75, 3.05) is 7.11 Å². The van der Waals surface area contributed by atoms with Crippen LogP contribution in [0.1, 0.15) is 15.9 Å². The highest BCUT2D eigenvalue weighted by Crippen LogP contribution is 2.26. The Morgan fingerprint density at radius 2 is 1.95 bits per heavy atom. The number of halogens is 1. The minimum absolute atomic E-state index is 0.0942. The second-order valence-corrected chi connectivity index (χ2v) is 5.12. The lowest BCUT2D eigenvalue weighted by Gasteiger charge is -2.06. The van der Waals surface area contributed by atoms with E-state index in [9.17, 15) is 9.18 Å². The van der Waals surface area contributed by atoms with Crippen LogP contribution in [0.3, 0.4) is 0 Å². The number of thioether (sulfide) groups is 1. The van der Waals surface area contributed by atoms with Crippen molar-refractivity contribution in [2.45, 2.75) is 10.6 Å². The number of rotatable bonds is 5. The van der Waals surface area contributed by atoms with Crippen LogP contribution < -0.4 is 4.74 Å². The highest BCUT2D eigenvalue weighted by atomic mass is 32.2. The summed E-state index contributed by atoms with van der Waals surface area (Å²) in [4.78, 5) is 11.8. The van der Waals surface area contributed by atoms with E-state index in [1.807, 2.05) is 24.3 Å². The van der Waals surface area contributed by atoms with E-state index in [-0.39, 0.29) is 5.56 Å². The quantitative estimate of drug-likeness (QED) is 0.851. The van der Waals surface area contributed by atoms with Crippen LogP contribution in [-0.4, -0.2) is 18.2 Å². The Morgan fingerprint density at radius 3 is 2.55 bits per heavy atom. The summed E-state index contributed by atoms with van der Waals surface area (Å²) in [5, 5.41) is 8.90. The van der Waals surface area contributed by atoms with Crippen LogP contribution in [0.5, 0.6) is 5.75 Å². The summed E-state index contributed by atoms with van der Waals surface area (Å²) < 4.78 is 18.7. The molecule has 0 atom stereocenters. The fourth-order valence-corrected chi connectivity index (χ4v) is 2.52. The van der Waals surface area contributed by atoms with Crippen LogP contribution in [-0.2, 0) is 5.75 Å². The van der Waals surface area contributed by atoms with E-state index in [2.05, 4.69) is 0 Å². The van der Waals surface area contributed by atoms with Crippen LogP contribution in [0, 0.1) is 5.82 Å². The van der Waals surface area contributed by atoms with Gasteiger partial charge in [-0.25, -0.2) is 9.18 Å². The first-order chi connectivity index (χ1) is 9.60. The molecule has 0 bridgehead atoms. The molecule has 0 heterocycles. The van der Waals surface area contributed by atoms with Gasteiger partial charge in [0.25, 0.3) is 0 Å². The second kappa shape index (κ2) is 6.43. The van der Waals surface area contributed by atoms with Crippen molar-refractivity contribution < 1.29 is 19.0 Å². The number of carboxylic acids is 1. The largest absolute Gasteiger partial charge is 0.497 e. The van der Waals surface area contributed by atoms with Gasteiger partial charge in [-0.1, -0.05) is 0 Å². The molecule has 0 radical (unpaired) electrons. The first-order valence-electron chi connectivity index (χ1n) is 5.88. The highest BCUT2D eigenvalue weighted by Gasteiger charge is 2.08. The van der Waals surface area contributed by atoms with Crippen molar-refractivity contribution in [3.63, 3.8) is 0 Å². The molecule has 0 amide bonds. The number of methoxy groups -OCH3 is 1. The zero-order valence-electron chi connectivity index (χ0n) is 10.8. The average molecular weight is 292 g/mol. The average Bonchev–Trinajstić information content (AvgIpc) is 2.46. The predicted molar refractivity (Wildman–Crippen MR) is 75.9 cm³/mol. The van der Waals surface area contributed by atoms with Crippen molar-refractivity contribution in [1.82, 2.24) is 0 Å². The molecule has 2 aromatic rings. The van der Waals surface area contributed by atoms with E-state index in [1.54, 1.807) is 7.11 Å². The molecule has 0 aliphatic heterocycles. The second-order valence-electron chi connectivity index (χ2n) is 4.08. The first kappa shape index (κ1) is 14.4. The van der Waals surface area contributed by atoms with Gasteiger partial charge in [0.15, 0.2) is 0 Å². The molecule has 0 saturated heterocycles. The number of hydrogen-bond acceptors (Lipinski definition) is 3. The van der Waals surface area contributed by atoms with Gasteiger partial charge in [0.2, 0.25) is 0 Å². The SMILES string of the molecule is COc1ccc(SCc2cc(C(=O)O)ccc2F)cc1. The molecular formula is C15H13FO3S. The highest BCUT2D eigenvalue weighted by molar-refractivity contribution is 7.98. The van der Waals surface area contributed by atoms with Crippen molar-refractivity contribution in [3.05, 3.63) is 59.4 Å². The van der Waals surface area contributed by atoms with Crippen LogP contribution in [0.25, 0.3) is 0 Å². The molecule has 20 heavy (non-hydrogen) atoms. The van der Waals surface area contributed by atoms with Gasteiger partial charge in [-0.05, 0) is 48.0 Å². The Bertz CT molecular complexity index is 611. The minimum atomic E-state index is -1.05. The van der Waals surface area contributed by atoms with Crippen LogP contribution >= 0.6 is 11.8 Å². The van der Waals surface area contributed by atoms with Crippen molar-refractivity contribution >= 4 is 17.7 Å². The summed E-state index contributed by atoms with van der Waals surface area (Å²) in [5.74, 6) is -0.315. The van der Waals surface area contributed by atoms with Crippen LogP contribution in [0.15, 0.2) is 47.4 Å². The van der Waals surface area contributed by atoms with E-state index in [1.165, 1.54) is 30.0 Å². The van der Waals surface area contributed by atoms with E-state index < -0.39 is 11.8 Å². The summed E-state index contributed by atoms with van der Waals surface area (Å²) >= 11 is 1.44. The van der Waals surface area contributed by atoms with E-state index >= 15 is 0 Å². The third kappa shape index (κ3) is 3.51. The summed E-state index contributed by atoms with van der Waals surface area (Å²) in [6.07, 6.45) is 0. The summed E-state index contributed by atoms with van der Waals surface area (Å²) in [6.45, 7) is 0. The summed E-state index contributed by atoms with van der Waals surface area (Å²) in [5.41, 5.74) is 0.474. The maximum absolute atomic E-state index is 13.6. The minimum Gasteiger partial charge on any atom is -0.497 e. The summed E-state index contributed by atoms with van der Waals surface area (Å²) in [7, 11) is 1.59. The number of hydrogen-bond donors (Lipinski definition) is 1. The Labute approximate surface area is 120 Å². The Balaban J connectivity index is 2.09. The molecule has 104 valence electrons. The van der Waals surface area contributed by atoms with Crippen molar-refractivity contribution in [2.24, 2.45) is 0 Å². The van der Waals surface area contributed by atoms with Gasteiger partial charge in [-0.2, -0.15) is 0 Å². The van der Waals surface area contributed by atoms with Gasteiger partial charge in [0, 0.05) is 10.6 Å². The number of aromatic carboxylic acids is 1. The summed E-state index contributed by atoms with van der Waals surface area (Å²) in [6, 6.07) is 11.2. The molecule has 1 N–H and O–H groups in total. The molecule has 0 unspecified atom stereocenters. The number of carbonyl (C=O) groups is 1. The van der Waals surface area contributed by atoms with Crippen LogP contribution in [0.2, 0.25) is 0 Å². The Morgan fingerprint density at radius 1 is 1.25 bits per heavy atom. The zero-order valence-corrected chi connectivity index (χ0v) is 11.6. The smallest absolute Gasteiger partial charge is 0.335 e. The molecule has 5 heteroatoms. The number of carboxylic acid groups (broad SMARTS) is 1. The Kier molecular flexibility index (Phi) is 4.63. The van der Waals surface area contributed by atoms with Gasteiger partial charge in [0.05, 0.1) is 12.7 Å². The van der Waals surface area contributed by atoms with Gasteiger partial charge in [-0.15, -0.1) is 11.8 Å². The van der Waals surface area contributed by atoms with E-state index in [0.29, 0.717) is 11.3 Å². The van der Waals surface area contributed by atoms with Crippen molar-refractivity contribution in [1.29, 1.82) is 0 Å². The molecule has 0 aliphatic rings. The van der Waals surface area contributed by atoms with Crippen LogP contribution in [0.4, 0.5) is 4.39 Å². The zero-order chi connectivity index (χ0) is 14.5. The van der Waals surface area contributed by atoms with Gasteiger partial charge < -0.3 is 9.84 Å². The maximum atomic E-state index is 13.6. The molecule has 0 spiro atoms. The fourth-order valence-electron chi connectivity index (χ4n) is 1.65. The van der Waals surface area contributed by atoms with E-state index in [0.717, 1.165) is 10.6 Å². The molecule has 3 nitrogen and oxygen atoms in total. The molecule has 2 aromatic carbocycles. The Hall–Kier alpha value is -2.01. The monoisotopic (exact) mass is 292 g/mol. The van der Waals surface area contributed by atoms with Crippen molar-refractivity contribution in [3.8, 4) is 5.75 Å². The maximum Gasteiger partial charge on any atom is 0.335 e.